The van der Waals surface area contributed by atoms with Gasteiger partial charge in [0.15, 0.2) is 11.5 Å². The maximum absolute atomic E-state index is 14.0. The number of nitrogens with zero attached hydrogens (tertiary/aromatic N) is 3. The van der Waals surface area contributed by atoms with Crippen LogP contribution in [0.5, 0.6) is 0 Å². The van der Waals surface area contributed by atoms with Crippen LogP contribution in [0.4, 0.5) is 24.8 Å². The van der Waals surface area contributed by atoms with E-state index >= 15 is 0 Å². The number of rotatable bonds is 11. The summed E-state index contributed by atoms with van der Waals surface area (Å²) >= 11 is 0. The van der Waals surface area contributed by atoms with E-state index in [0.717, 1.165) is 15.8 Å². The molecule has 2 amide bonds. The highest BCUT2D eigenvalue weighted by atomic mass is 19.4. The Morgan fingerprint density at radius 3 is 2.43 bits per heavy atom. The maximum Gasteiger partial charge on any atom is 0.435 e. The average molecular weight is 802 g/mol. The highest BCUT2D eigenvalue weighted by Crippen LogP contribution is 2.42. The predicted molar refractivity (Wildman–Crippen MR) is 207 cm³/mol. The van der Waals surface area contributed by atoms with Gasteiger partial charge in [0.2, 0.25) is 5.95 Å². The Hall–Kier alpha value is -6.46. The topological polar surface area (TPSA) is 233 Å². The monoisotopic (exact) mass is 801 g/mol. The summed E-state index contributed by atoms with van der Waals surface area (Å²) in [5.74, 6) is -2.38. The fourth-order valence-electron chi connectivity index (χ4n) is 7.81. The summed E-state index contributed by atoms with van der Waals surface area (Å²) in [7, 11) is 0. The zero-order chi connectivity index (χ0) is 41.5. The first-order chi connectivity index (χ1) is 27.5. The number of esters is 1. The Morgan fingerprint density at radius 1 is 1.02 bits per heavy atom. The summed E-state index contributed by atoms with van der Waals surface area (Å²) < 4.78 is 48.9. The van der Waals surface area contributed by atoms with Crippen LogP contribution in [-0.2, 0) is 35.0 Å². The fraction of sp³-hybridized carbons (Fsp3) is 0.375. The van der Waals surface area contributed by atoms with Crippen LogP contribution in [0.1, 0.15) is 99.5 Å². The molecule has 2 aromatic carbocycles. The third-order valence-electron chi connectivity index (χ3n) is 10.6. The van der Waals surface area contributed by atoms with Gasteiger partial charge in [0.25, 0.3) is 17.4 Å². The lowest BCUT2D eigenvalue weighted by atomic mass is 9.75. The van der Waals surface area contributed by atoms with E-state index < -0.39 is 58.1 Å². The largest absolute Gasteiger partial charge is 0.461 e. The lowest BCUT2D eigenvalue weighted by Crippen LogP contribution is -2.35. The number of nitrogens with two attached hydrogens (primary N) is 2. The molecule has 3 heterocycles. The fourth-order valence-corrected chi connectivity index (χ4v) is 7.81. The second kappa shape index (κ2) is 15.5. The number of benzene rings is 2. The number of nitrogens with one attached hydrogen (secondary N) is 4. The van der Waals surface area contributed by atoms with Gasteiger partial charge in [0, 0.05) is 29.9 Å². The van der Waals surface area contributed by atoms with Crippen LogP contribution in [0.3, 0.4) is 0 Å². The number of primary amides is 1. The summed E-state index contributed by atoms with van der Waals surface area (Å²) in [4.78, 5) is 72.6. The highest BCUT2D eigenvalue weighted by Gasteiger charge is 2.45. The smallest absolute Gasteiger partial charge is 0.435 e. The minimum Gasteiger partial charge on any atom is -0.461 e. The number of ketones is 1. The number of carbonyl (C=O) groups is 4. The number of anilines is 2. The second-order valence-corrected chi connectivity index (χ2v) is 15.6. The van der Waals surface area contributed by atoms with Crippen molar-refractivity contribution in [3.63, 3.8) is 0 Å². The Labute approximate surface area is 329 Å². The SMILES string of the molecule is CC1(C)CC(=O)c2c(C(F)(F)F)nn(-c3ccc(C(N)=O)c(N[C@H]4CC[C@H](OC(=O)CNC(=O)c5ccc(CCc6c[nH]c7[nH]c(N)nc(=O)c67)cc5)CC4)c3)c2C1. The Kier molecular flexibility index (Phi) is 10.6. The molecule has 18 heteroatoms. The van der Waals surface area contributed by atoms with Crippen LogP contribution >= 0.6 is 0 Å². The van der Waals surface area contributed by atoms with Crippen LogP contribution in [0, 0.1) is 5.41 Å². The number of hydrogen-bond donors (Lipinski definition) is 6. The van der Waals surface area contributed by atoms with Crippen LogP contribution in [-0.4, -0.2) is 67.0 Å². The normalized spacial score (nSPS) is 17.8. The van der Waals surface area contributed by atoms with E-state index in [2.05, 4.69) is 30.7 Å². The van der Waals surface area contributed by atoms with Crippen molar-refractivity contribution in [2.45, 2.75) is 83.5 Å². The number of nitrogen functional groups attached to an aromatic ring is 1. The van der Waals surface area contributed by atoms with Gasteiger partial charge in [-0.25, -0.2) is 4.68 Å². The van der Waals surface area contributed by atoms with Crippen molar-refractivity contribution >= 4 is 46.2 Å². The number of fused-ring (bicyclic) bond motifs is 2. The number of H-pyrrole nitrogens is 2. The van der Waals surface area contributed by atoms with E-state index in [1.54, 1.807) is 30.5 Å². The minimum absolute atomic E-state index is 0.0297. The molecule has 58 heavy (non-hydrogen) atoms. The molecule has 0 bridgehead atoms. The van der Waals surface area contributed by atoms with E-state index in [-0.39, 0.29) is 48.3 Å². The molecule has 5 aromatic rings. The molecular formula is C40H42F3N9O6. The molecule has 2 aliphatic carbocycles. The van der Waals surface area contributed by atoms with E-state index in [1.807, 2.05) is 13.8 Å². The second-order valence-electron chi connectivity index (χ2n) is 15.6. The Morgan fingerprint density at radius 2 is 1.74 bits per heavy atom. The molecule has 2 aliphatic rings. The lowest BCUT2D eigenvalue weighted by molar-refractivity contribution is -0.149. The molecule has 0 spiro atoms. The first kappa shape index (κ1) is 39.8. The van der Waals surface area contributed by atoms with Gasteiger partial charge in [-0.2, -0.15) is 23.3 Å². The zero-order valence-corrected chi connectivity index (χ0v) is 31.7. The van der Waals surface area contributed by atoms with Crippen molar-refractivity contribution in [2.75, 3.05) is 17.6 Å². The Balaban J connectivity index is 0.917. The van der Waals surface area contributed by atoms with Gasteiger partial charge in [-0.05, 0) is 91.8 Å². The number of halogens is 3. The number of aryl methyl sites for hydroxylation is 2. The van der Waals surface area contributed by atoms with Crippen LogP contribution in [0.2, 0.25) is 0 Å². The summed E-state index contributed by atoms with van der Waals surface area (Å²) in [6.07, 6.45) is -0.228. The van der Waals surface area contributed by atoms with Gasteiger partial charge in [-0.3, -0.25) is 24.0 Å². The van der Waals surface area contributed by atoms with Crippen molar-refractivity contribution in [2.24, 2.45) is 11.1 Å². The molecule has 1 saturated carbocycles. The molecular weight excluding hydrogens is 759 g/mol. The molecule has 0 saturated heterocycles. The molecule has 0 aliphatic heterocycles. The van der Waals surface area contributed by atoms with Gasteiger partial charge < -0.3 is 36.8 Å². The molecule has 0 radical (unpaired) electrons. The lowest BCUT2D eigenvalue weighted by Gasteiger charge is -2.30. The third kappa shape index (κ3) is 8.45. The van der Waals surface area contributed by atoms with Gasteiger partial charge in [0.05, 0.1) is 27.9 Å². The van der Waals surface area contributed by atoms with Gasteiger partial charge in [-0.15, -0.1) is 0 Å². The van der Waals surface area contributed by atoms with Crippen molar-refractivity contribution in [3.8, 4) is 5.69 Å². The van der Waals surface area contributed by atoms with Crippen LogP contribution in [0.25, 0.3) is 16.7 Å². The molecule has 15 nitrogen and oxygen atoms in total. The van der Waals surface area contributed by atoms with Crippen LogP contribution < -0.4 is 27.7 Å². The number of Topliss-reactive ketones (excluding diaryl/α,β-unsaturated/α-hetero) is 1. The van der Waals surface area contributed by atoms with Gasteiger partial charge in [0.1, 0.15) is 18.3 Å². The minimum atomic E-state index is -4.84. The number of hydrogen-bond acceptors (Lipinski definition) is 10. The molecule has 1 fully saturated rings. The first-order valence-corrected chi connectivity index (χ1v) is 18.8. The third-order valence-corrected chi connectivity index (χ3v) is 10.6. The predicted octanol–water partition coefficient (Wildman–Crippen LogP) is 4.77. The quantitative estimate of drug-likeness (QED) is 0.100. The maximum atomic E-state index is 14.0. The van der Waals surface area contributed by atoms with Crippen LogP contribution in [0.15, 0.2) is 53.5 Å². The standard InChI is InChI=1S/C40H42F3N9O6/c1-39(2)16-28-32(29(53)17-39)33(40(41,42)43)51-52(28)24-11-14-26(34(44)55)27(15-24)48-23-9-12-25(13-10-23)58-30(54)19-47-36(56)21-6-3-20(4-7-21)5-8-22-18-46-35-31(22)37(57)50-38(45)49-35/h3-4,6-7,11,14-15,18,23,25,48H,5,8-10,12-13,16-17,19H2,1-2H3,(H2,44,55)(H,47,56)(H4,45,46,49,50,57)/t23-,25-. The number of alkyl halides is 3. The molecule has 7 rings (SSSR count). The van der Waals surface area contributed by atoms with Crippen molar-refractivity contribution < 1.29 is 37.1 Å². The number of aromatic amines is 2. The molecule has 8 N–H and O–H groups in total. The van der Waals surface area contributed by atoms with Gasteiger partial charge in [-0.1, -0.05) is 26.0 Å². The first-order valence-electron chi connectivity index (χ1n) is 18.8. The van der Waals surface area contributed by atoms with E-state index in [0.29, 0.717) is 60.8 Å². The average Bonchev–Trinajstić information content (AvgIpc) is 3.75. The number of amides is 2. The summed E-state index contributed by atoms with van der Waals surface area (Å²) in [6, 6.07) is 11.1. The van der Waals surface area contributed by atoms with Crippen molar-refractivity contribution in [3.05, 3.63) is 98.2 Å². The van der Waals surface area contributed by atoms with Crippen molar-refractivity contribution in [1.82, 2.24) is 30.0 Å². The Bertz CT molecular complexity index is 2480. The molecule has 304 valence electrons. The van der Waals surface area contributed by atoms with Crippen molar-refractivity contribution in [1.29, 1.82) is 0 Å². The van der Waals surface area contributed by atoms with E-state index in [4.69, 9.17) is 16.2 Å². The number of ether oxygens (including phenoxy) is 1. The summed E-state index contributed by atoms with van der Waals surface area (Å²) in [5.41, 5.74) is 12.0. The molecule has 0 atom stereocenters. The highest BCUT2D eigenvalue weighted by molar-refractivity contribution is 6.01. The number of aromatic nitrogens is 5. The summed E-state index contributed by atoms with van der Waals surface area (Å²) in [5, 5.41) is 10.2. The van der Waals surface area contributed by atoms with Gasteiger partial charge >= 0.3 is 12.1 Å². The van der Waals surface area contributed by atoms with E-state index in [9.17, 15) is 37.1 Å². The molecule has 0 unspecified atom stereocenters. The summed E-state index contributed by atoms with van der Waals surface area (Å²) in [6.45, 7) is 3.28. The molecule has 3 aromatic heterocycles. The zero-order valence-electron chi connectivity index (χ0n) is 31.7. The number of carbonyl (C=O) groups excluding carboxylic acids is 4. The van der Waals surface area contributed by atoms with E-state index in [1.165, 1.54) is 18.2 Å².